The Morgan fingerprint density at radius 1 is 1.26 bits per heavy atom. The van der Waals surface area contributed by atoms with Crippen molar-refractivity contribution in [3.8, 4) is 11.5 Å². The number of nitrogens with two attached hydrogens (primary N) is 2. The van der Waals surface area contributed by atoms with E-state index in [1.54, 1.807) is 31.2 Å². The third-order valence-electron chi connectivity index (χ3n) is 3.47. The van der Waals surface area contributed by atoms with Crippen LogP contribution in [0.3, 0.4) is 0 Å². The number of phenolic OH excluding ortho intramolecular Hbond substituents is 1. The third-order valence-corrected chi connectivity index (χ3v) is 3.47. The summed E-state index contributed by atoms with van der Waals surface area (Å²) in [6, 6.07) is 9.87. The zero-order valence-electron chi connectivity index (χ0n) is 13.0. The number of nitrogens with one attached hydrogen (secondary N) is 1. The van der Waals surface area contributed by atoms with Crippen molar-refractivity contribution in [1.82, 2.24) is 5.43 Å². The summed E-state index contributed by atoms with van der Waals surface area (Å²) in [5, 5.41) is 10.6. The second kappa shape index (κ2) is 6.99. The Morgan fingerprint density at radius 3 is 2.65 bits per heavy atom. The van der Waals surface area contributed by atoms with Gasteiger partial charge in [0, 0.05) is 5.56 Å². The molecule has 0 aromatic heterocycles. The number of hydrogen-bond acceptors (Lipinski definition) is 5. The first-order valence-corrected chi connectivity index (χ1v) is 7.00. The minimum atomic E-state index is -0.630. The largest absolute Gasteiger partial charge is 0.508 e. The number of benzene rings is 2. The highest BCUT2D eigenvalue weighted by molar-refractivity contribution is 5.91. The number of anilines is 1. The number of urea groups is 1. The lowest BCUT2D eigenvalue weighted by Crippen LogP contribution is -2.48. The molecule has 0 aliphatic carbocycles. The average molecular weight is 316 g/mol. The van der Waals surface area contributed by atoms with Crippen LogP contribution in [0.1, 0.15) is 16.7 Å². The zero-order chi connectivity index (χ0) is 17.0. The fourth-order valence-electron chi connectivity index (χ4n) is 2.13. The summed E-state index contributed by atoms with van der Waals surface area (Å²) in [4.78, 5) is 11.6. The van der Waals surface area contributed by atoms with Gasteiger partial charge in [-0.15, -0.1) is 0 Å². The third kappa shape index (κ3) is 3.71. The molecule has 0 spiro atoms. The minimum Gasteiger partial charge on any atom is -0.508 e. The number of carbonyl (C=O) groups is 1. The van der Waals surface area contributed by atoms with Crippen LogP contribution in [-0.2, 0) is 6.61 Å². The Balaban J connectivity index is 2.22. The maximum absolute atomic E-state index is 11.6. The van der Waals surface area contributed by atoms with E-state index in [0.717, 1.165) is 21.7 Å². The summed E-state index contributed by atoms with van der Waals surface area (Å²) < 4.78 is 5.81. The quantitative estimate of drug-likeness (QED) is 0.390. The lowest BCUT2D eigenvalue weighted by atomic mass is 10.1. The molecule has 7 nitrogen and oxygen atoms in total. The van der Waals surface area contributed by atoms with E-state index in [1.807, 2.05) is 24.5 Å². The number of aromatic hydroxyl groups is 1. The Morgan fingerprint density at radius 2 is 1.96 bits per heavy atom. The highest BCUT2D eigenvalue weighted by Crippen LogP contribution is 2.28. The first-order chi connectivity index (χ1) is 10.9. The summed E-state index contributed by atoms with van der Waals surface area (Å²) >= 11 is 0. The first-order valence-electron chi connectivity index (χ1n) is 7.00. The number of amides is 2. The fraction of sp³-hybridized carbons (Fsp3) is 0.188. The maximum atomic E-state index is 11.6. The summed E-state index contributed by atoms with van der Waals surface area (Å²) in [7, 11) is 0. The van der Waals surface area contributed by atoms with Gasteiger partial charge in [0.05, 0.1) is 5.69 Å². The van der Waals surface area contributed by atoms with Crippen molar-refractivity contribution in [2.24, 2.45) is 11.7 Å². The first kappa shape index (κ1) is 16.6. The molecule has 7 heteroatoms. The van der Waals surface area contributed by atoms with Gasteiger partial charge < -0.3 is 9.84 Å². The van der Waals surface area contributed by atoms with E-state index in [-0.39, 0.29) is 12.4 Å². The molecule has 2 aromatic carbocycles. The van der Waals surface area contributed by atoms with Gasteiger partial charge in [-0.25, -0.2) is 21.5 Å². The van der Waals surface area contributed by atoms with E-state index in [4.69, 9.17) is 16.4 Å². The summed E-state index contributed by atoms with van der Waals surface area (Å²) in [6.45, 7) is 3.85. The fourth-order valence-corrected chi connectivity index (χ4v) is 2.13. The second-order valence-corrected chi connectivity index (χ2v) is 5.14. The predicted octanol–water partition coefficient (Wildman–Crippen LogP) is 1.85. The van der Waals surface area contributed by atoms with Crippen molar-refractivity contribution in [2.75, 3.05) is 5.01 Å². The van der Waals surface area contributed by atoms with Crippen LogP contribution in [0.2, 0.25) is 0 Å². The molecule has 0 saturated carbocycles. The molecule has 0 fully saturated rings. The van der Waals surface area contributed by atoms with Crippen molar-refractivity contribution in [3.05, 3.63) is 53.1 Å². The number of aryl methyl sites for hydroxylation is 2. The zero-order valence-corrected chi connectivity index (χ0v) is 13.0. The van der Waals surface area contributed by atoms with Crippen LogP contribution in [-0.4, -0.2) is 11.1 Å². The summed E-state index contributed by atoms with van der Waals surface area (Å²) in [5.41, 5.74) is 4.73. The molecule has 0 aliphatic rings. The van der Waals surface area contributed by atoms with E-state index < -0.39 is 6.03 Å². The predicted molar refractivity (Wildman–Crippen MR) is 87.7 cm³/mol. The van der Waals surface area contributed by atoms with Gasteiger partial charge in [-0.05, 0) is 43.2 Å². The van der Waals surface area contributed by atoms with Crippen LogP contribution in [0.4, 0.5) is 10.5 Å². The van der Waals surface area contributed by atoms with Gasteiger partial charge in [-0.3, -0.25) is 5.43 Å². The molecule has 2 aromatic rings. The molecule has 0 unspecified atom stereocenters. The molecule has 6 N–H and O–H groups in total. The molecule has 2 amide bonds. The van der Waals surface area contributed by atoms with Crippen molar-refractivity contribution in [1.29, 1.82) is 0 Å². The number of ether oxygens (including phenoxy) is 1. The molecular formula is C16H20N4O3. The lowest BCUT2D eigenvalue weighted by molar-refractivity contribution is 0.246. The number of rotatable bonds is 4. The molecule has 122 valence electrons. The van der Waals surface area contributed by atoms with E-state index >= 15 is 0 Å². The van der Waals surface area contributed by atoms with Crippen LogP contribution >= 0.6 is 0 Å². The second-order valence-electron chi connectivity index (χ2n) is 5.14. The van der Waals surface area contributed by atoms with Gasteiger partial charge in [-0.1, -0.05) is 18.2 Å². The Kier molecular flexibility index (Phi) is 5.05. The van der Waals surface area contributed by atoms with Crippen molar-refractivity contribution < 1.29 is 14.6 Å². The van der Waals surface area contributed by atoms with Gasteiger partial charge in [-0.2, -0.15) is 0 Å². The number of hydrogen-bond donors (Lipinski definition) is 4. The van der Waals surface area contributed by atoms with Gasteiger partial charge in [0.25, 0.3) is 0 Å². The smallest absolute Gasteiger partial charge is 0.350 e. The van der Waals surface area contributed by atoms with E-state index in [2.05, 4.69) is 0 Å². The molecule has 0 heterocycles. The van der Waals surface area contributed by atoms with E-state index in [0.29, 0.717) is 11.4 Å². The van der Waals surface area contributed by atoms with Gasteiger partial charge in [0.1, 0.15) is 18.1 Å². The number of para-hydroxylation sites is 1. The Hall–Kier alpha value is -2.77. The van der Waals surface area contributed by atoms with Crippen LogP contribution in [0, 0.1) is 13.8 Å². The lowest BCUT2D eigenvalue weighted by Gasteiger charge is -2.20. The minimum absolute atomic E-state index is 0.215. The van der Waals surface area contributed by atoms with E-state index in [1.165, 1.54) is 0 Å². The van der Waals surface area contributed by atoms with Crippen molar-refractivity contribution >= 4 is 11.7 Å². The number of carbonyl (C=O) groups excluding carboxylic acids is 1. The SMILES string of the molecule is Cc1cc(OCc2ccccc2N(N)C(=O)NN)c(C)cc1O. The summed E-state index contributed by atoms with van der Waals surface area (Å²) in [5.74, 6) is 11.7. The van der Waals surface area contributed by atoms with Gasteiger partial charge in [0.2, 0.25) is 0 Å². The topological polar surface area (TPSA) is 114 Å². The molecule has 0 aliphatic heterocycles. The average Bonchev–Trinajstić information content (AvgIpc) is 2.55. The maximum Gasteiger partial charge on any atom is 0.350 e. The number of phenols is 1. The normalized spacial score (nSPS) is 10.3. The molecular weight excluding hydrogens is 296 g/mol. The van der Waals surface area contributed by atoms with Crippen LogP contribution < -0.4 is 26.9 Å². The molecule has 0 bridgehead atoms. The Labute approximate surface area is 134 Å². The monoisotopic (exact) mass is 316 g/mol. The van der Waals surface area contributed by atoms with E-state index in [9.17, 15) is 9.90 Å². The van der Waals surface area contributed by atoms with Crippen LogP contribution in [0.15, 0.2) is 36.4 Å². The van der Waals surface area contributed by atoms with Crippen molar-refractivity contribution in [2.45, 2.75) is 20.5 Å². The van der Waals surface area contributed by atoms with Crippen molar-refractivity contribution in [3.63, 3.8) is 0 Å². The molecule has 0 radical (unpaired) electrons. The highest BCUT2D eigenvalue weighted by Gasteiger charge is 2.14. The Bertz CT molecular complexity index is 718. The van der Waals surface area contributed by atoms with Gasteiger partial charge >= 0.3 is 6.03 Å². The number of nitrogens with zero attached hydrogens (tertiary/aromatic N) is 1. The standard InChI is InChI=1S/C16H20N4O3/c1-10-8-15(11(2)7-14(10)21)23-9-12-5-3-4-6-13(12)20(18)16(22)19-17/h3-8,21H,9,17-18H2,1-2H3,(H,19,22). The van der Waals surface area contributed by atoms with Gasteiger partial charge in [0.15, 0.2) is 0 Å². The molecule has 0 atom stereocenters. The highest BCUT2D eigenvalue weighted by atomic mass is 16.5. The molecule has 23 heavy (non-hydrogen) atoms. The molecule has 0 saturated heterocycles. The van der Waals surface area contributed by atoms with Crippen LogP contribution in [0.25, 0.3) is 0 Å². The summed E-state index contributed by atoms with van der Waals surface area (Å²) in [6.07, 6.45) is 0. The molecule has 2 rings (SSSR count). The van der Waals surface area contributed by atoms with Crippen LogP contribution in [0.5, 0.6) is 11.5 Å². The number of hydrazine groups is 2.